The van der Waals surface area contributed by atoms with E-state index in [0.717, 1.165) is 10.9 Å². The Kier molecular flexibility index (Phi) is 3.33. The number of aromatic nitrogens is 1. The van der Waals surface area contributed by atoms with Gasteiger partial charge in [-0.3, -0.25) is 4.79 Å². The number of benzene rings is 2. The maximum absolute atomic E-state index is 13.2. The summed E-state index contributed by atoms with van der Waals surface area (Å²) in [5.74, 6) is -0.407. The van der Waals surface area contributed by atoms with E-state index in [4.69, 9.17) is 0 Å². The van der Waals surface area contributed by atoms with Gasteiger partial charge < -0.3 is 4.57 Å². The number of para-hydroxylation sites is 1. The van der Waals surface area contributed by atoms with E-state index in [1.807, 2.05) is 64.7 Å². The monoisotopic (exact) mass is 379 g/mol. The molecule has 100 valence electrons. The Labute approximate surface area is 129 Å². The van der Waals surface area contributed by atoms with Crippen LogP contribution < -0.4 is 0 Å². The van der Waals surface area contributed by atoms with Crippen LogP contribution in [0.15, 0.2) is 48.7 Å². The molecule has 0 spiro atoms. The third-order valence-corrected chi connectivity index (χ3v) is 4.21. The van der Waals surface area contributed by atoms with E-state index in [-0.39, 0.29) is 11.6 Å². The zero-order chi connectivity index (χ0) is 14.3. The standard InChI is InChI=1S/C16H11FINO/c1-19-9-13(11-4-2-3-5-15(11)19)16(20)12-7-6-10(17)8-14(12)18/h2-9H,1H3. The molecule has 0 saturated carbocycles. The van der Waals surface area contributed by atoms with Gasteiger partial charge in [0.25, 0.3) is 0 Å². The summed E-state index contributed by atoms with van der Waals surface area (Å²) in [5, 5.41) is 0.917. The number of ketones is 1. The van der Waals surface area contributed by atoms with Crippen molar-refractivity contribution in [2.45, 2.75) is 0 Å². The van der Waals surface area contributed by atoms with Crippen LogP contribution in [0, 0.1) is 9.39 Å². The lowest BCUT2D eigenvalue weighted by Crippen LogP contribution is -2.03. The summed E-state index contributed by atoms with van der Waals surface area (Å²) in [6.45, 7) is 0. The van der Waals surface area contributed by atoms with Gasteiger partial charge in [0, 0.05) is 38.8 Å². The van der Waals surface area contributed by atoms with Crippen LogP contribution in [0.3, 0.4) is 0 Å². The van der Waals surface area contributed by atoms with Gasteiger partial charge in [0.15, 0.2) is 5.78 Å². The average Bonchev–Trinajstić information content (AvgIpc) is 2.76. The number of aryl methyl sites for hydroxylation is 1. The highest BCUT2D eigenvalue weighted by molar-refractivity contribution is 14.1. The molecule has 3 rings (SSSR count). The number of rotatable bonds is 2. The maximum atomic E-state index is 13.2. The van der Waals surface area contributed by atoms with Gasteiger partial charge in [-0.15, -0.1) is 0 Å². The van der Waals surface area contributed by atoms with E-state index in [2.05, 4.69) is 0 Å². The molecule has 0 amide bonds. The van der Waals surface area contributed by atoms with Crippen molar-refractivity contribution >= 4 is 39.3 Å². The minimum Gasteiger partial charge on any atom is -0.350 e. The predicted octanol–water partition coefficient (Wildman–Crippen LogP) is 4.15. The Bertz CT molecular complexity index is 822. The fourth-order valence-electron chi connectivity index (χ4n) is 2.34. The first-order chi connectivity index (χ1) is 9.58. The molecular formula is C16H11FINO. The molecule has 0 aliphatic rings. The lowest BCUT2D eigenvalue weighted by atomic mass is 10.0. The van der Waals surface area contributed by atoms with Crippen molar-refractivity contribution in [2.75, 3.05) is 0 Å². The fraction of sp³-hybridized carbons (Fsp3) is 0.0625. The minimum absolute atomic E-state index is 0.0776. The van der Waals surface area contributed by atoms with Crippen molar-refractivity contribution in [2.24, 2.45) is 7.05 Å². The highest BCUT2D eigenvalue weighted by Crippen LogP contribution is 2.25. The molecule has 0 aliphatic carbocycles. The lowest BCUT2D eigenvalue weighted by Gasteiger charge is -2.03. The molecule has 1 aromatic heterocycles. The quantitative estimate of drug-likeness (QED) is 0.484. The molecule has 2 nitrogen and oxygen atoms in total. The van der Waals surface area contributed by atoms with E-state index in [1.165, 1.54) is 12.1 Å². The number of nitrogens with zero attached hydrogens (tertiary/aromatic N) is 1. The number of carbonyl (C=O) groups excluding carboxylic acids is 1. The molecule has 3 aromatic rings. The van der Waals surface area contributed by atoms with Crippen LogP contribution in [0.1, 0.15) is 15.9 Å². The molecule has 0 aliphatic heterocycles. The van der Waals surface area contributed by atoms with Crippen molar-refractivity contribution < 1.29 is 9.18 Å². The van der Waals surface area contributed by atoms with E-state index >= 15 is 0 Å². The first kappa shape index (κ1) is 13.3. The Morgan fingerprint density at radius 2 is 1.90 bits per heavy atom. The molecule has 2 aromatic carbocycles. The van der Waals surface area contributed by atoms with Crippen LogP contribution in [0.5, 0.6) is 0 Å². The van der Waals surface area contributed by atoms with Crippen molar-refractivity contribution in [3.8, 4) is 0 Å². The highest BCUT2D eigenvalue weighted by Gasteiger charge is 2.17. The van der Waals surface area contributed by atoms with Gasteiger partial charge in [0.1, 0.15) is 5.82 Å². The Hall–Kier alpha value is -1.69. The molecule has 0 fully saturated rings. The SMILES string of the molecule is Cn1cc(C(=O)c2ccc(F)cc2I)c2ccccc21. The van der Waals surface area contributed by atoms with Crippen LogP contribution in [0.4, 0.5) is 4.39 Å². The van der Waals surface area contributed by atoms with Crippen LogP contribution in [0.25, 0.3) is 10.9 Å². The zero-order valence-corrected chi connectivity index (χ0v) is 12.9. The molecule has 20 heavy (non-hydrogen) atoms. The number of fused-ring (bicyclic) bond motifs is 1. The first-order valence-electron chi connectivity index (χ1n) is 6.12. The molecular weight excluding hydrogens is 368 g/mol. The van der Waals surface area contributed by atoms with Crippen molar-refractivity contribution in [3.63, 3.8) is 0 Å². The minimum atomic E-state index is -0.330. The zero-order valence-electron chi connectivity index (χ0n) is 10.7. The van der Waals surface area contributed by atoms with E-state index in [1.54, 1.807) is 6.07 Å². The largest absolute Gasteiger partial charge is 0.350 e. The second-order valence-corrected chi connectivity index (χ2v) is 5.79. The summed E-state index contributed by atoms with van der Waals surface area (Å²) in [4.78, 5) is 12.7. The second kappa shape index (κ2) is 5.01. The number of carbonyl (C=O) groups is 1. The van der Waals surface area contributed by atoms with Crippen molar-refractivity contribution in [1.29, 1.82) is 0 Å². The Morgan fingerprint density at radius 1 is 1.15 bits per heavy atom. The second-order valence-electron chi connectivity index (χ2n) is 4.62. The molecule has 1 heterocycles. The van der Waals surface area contributed by atoms with Crippen molar-refractivity contribution in [1.82, 2.24) is 4.57 Å². The smallest absolute Gasteiger partial charge is 0.196 e. The number of hydrogen-bond donors (Lipinski definition) is 0. The first-order valence-corrected chi connectivity index (χ1v) is 7.19. The molecule has 4 heteroatoms. The van der Waals surface area contributed by atoms with Crippen LogP contribution in [-0.4, -0.2) is 10.4 Å². The average molecular weight is 379 g/mol. The maximum Gasteiger partial charge on any atom is 0.196 e. The summed E-state index contributed by atoms with van der Waals surface area (Å²) in [5.41, 5.74) is 2.18. The van der Waals surface area contributed by atoms with Gasteiger partial charge in [-0.05, 0) is 46.9 Å². The van der Waals surface area contributed by atoms with Gasteiger partial charge in [0.05, 0.1) is 0 Å². The van der Waals surface area contributed by atoms with Gasteiger partial charge >= 0.3 is 0 Å². The van der Waals surface area contributed by atoms with Gasteiger partial charge in [-0.2, -0.15) is 0 Å². The van der Waals surface area contributed by atoms with Crippen LogP contribution in [-0.2, 0) is 7.05 Å². The summed E-state index contributed by atoms with van der Waals surface area (Å²) in [7, 11) is 1.91. The number of hydrogen-bond acceptors (Lipinski definition) is 1. The van der Waals surface area contributed by atoms with E-state index in [9.17, 15) is 9.18 Å². The highest BCUT2D eigenvalue weighted by atomic mass is 127. The topological polar surface area (TPSA) is 22.0 Å². The number of halogens is 2. The van der Waals surface area contributed by atoms with Crippen LogP contribution in [0.2, 0.25) is 0 Å². The molecule has 0 unspecified atom stereocenters. The third kappa shape index (κ3) is 2.14. The predicted molar refractivity (Wildman–Crippen MR) is 85.5 cm³/mol. The molecule has 0 atom stereocenters. The van der Waals surface area contributed by atoms with Crippen molar-refractivity contribution in [3.05, 3.63) is 69.2 Å². The van der Waals surface area contributed by atoms with Gasteiger partial charge in [-0.25, -0.2) is 4.39 Å². The van der Waals surface area contributed by atoms with Gasteiger partial charge in [0.2, 0.25) is 0 Å². The molecule has 0 bridgehead atoms. The molecule has 0 N–H and O–H groups in total. The normalized spacial score (nSPS) is 10.9. The summed E-state index contributed by atoms with van der Waals surface area (Å²) in [6.07, 6.45) is 1.83. The Balaban J connectivity index is 2.18. The third-order valence-electron chi connectivity index (χ3n) is 3.32. The molecule has 0 saturated heterocycles. The van der Waals surface area contributed by atoms with E-state index < -0.39 is 0 Å². The summed E-state index contributed by atoms with van der Waals surface area (Å²) in [6, 6.07) is 12.0. The lowest BCUT2D eigenvalue weighted by molar-refractivity contribution is 0.103. The van der Waals surface area contributed by atoms with Gasteiger partial charge in [-0.1, -0.05) is 18.2 Å². The van der Waals surface area contributed by atoms with Crippen LogP contribution >= 0.6 is 22.6 Å². The Morgan fingerprint density at radius 3 is 2.65 bits per heavy atom. The molecule has 0 radical (unpaired) electrons. The van der Waals surface area contributed by atoms with E-state index in [0.29, 0.717) is 14.7 Å². The summed E-state index contributed by atoms with van der Waals surface area (Å²) >= 11 is 1.99. The summed E-state index contributed by atoms with van der Waals surface area (Å²) < 4.78 is 15.7. The fourth-order valence-corrected chi connectivity index (χ4v) is 3.06.